The highest BCUT2D eigenvalue weighted by atomic mass is 32.2. The zero-order chi connectivity index (χ0) is 28.4. The van der Waals surface area contributed by atoms with Gasteiger partial charge in [0.2, 0.25) is 10.0 Å². The van der Waals surface area contributed by atoms with E-state index in [9.17, 15) is 23.1 Å². The Labute approximate surface area is 229 Å². The zero-order valence-corrected chi connectivity index (χ0v) is 23.7. The van der Waals surface area contributed by atoms with E-state index in [1.165, 1.54) is 0 Å². The lowest BCUT2D eigenvalue weighted by molar-refractivity contribution is -0.144. The number of aliphatic hydroxyl groups excluding tert-OH is 1. The third kappa shape index (κ3) is 6.43. The Morgan fingerprint density at radius 1 is 1.08 bits per heavy atom. The molecule has 39 heavy (non-hydrogen) atoms. The normalized spacial score (nSPS) is 21.1. The number of rotatable bonds is 8. The van der Waals surface area contributed by atoms with Crippen molar-refractivity contribution >= 4 is 21.9 Å². The molecule has 2 aliphatic rings. The van der Waals surface area contributed by atoms with Crippen LogP contribution in [-0.2, 0) is 26.0 Å². The number of piperazine rings is 1. The molecule has 0 aromatic heterocycles. The Balaban J connectivity index is 1.55. The van der Waals surface area contributed by atoms with E-state index in [1.54, 1.807) is 68.1 Å². The molecule has 4 rings (SSSR count). The molecule has 212 valence electrons. The van der Waals surface area contributed by atoms with Crippen LogP contribution in [0, 0.1) is 0 Å². The van der Waals surface area contributed by atoms with Crippen LogP contribution in [0.1, 0.15) is 55.2 Å². The first-order chi connectivity index (χ1) is 18.4. The van der Waals surface area contributed by atoms with Crippen LogP contribution in [0.15, 0.2) is 47.4 Å². The molecule has 1 fully saturated rings. The summed E-state index contributed by atoms with van der Waals surface area (Å²) in [5, 5.41) is 11.2. The number of hydrogen-bond acceptors (Lipinski definition) is 8. The molecular weight excluding hydrogens is 522 g/mol. The molecular formula is C28H37N3O7S. The van der Waals surface area contributed by atoms with Gasteiger partial charge >= 0.3 is 5.97 Å². The molecule has 1 amide bonds. The van der Waals surface area contributed by atoms with Gasteiger partial charge in [0, 0.05) is 37.3 Å². The number of carbonyl (C=O) groups is 2. The molecule has 0 aliphatic carbocycles. The number of carbonyl (C=O) groups excluding carboxylic acids is 2. The van der Waals surface area contributed by atoms with Gasteiger partial charge in [0.1, 0.15) is 17.5 Å². The van der Waals surface area contributed by atoms with Crippen molar-refractivity contribution in [3.8, 4) is 5.75 Å². The Kier molecular flexibility index (Phi) is 8.65. The van der Waals surface area contributed by atoms with Gasteiger partial charge in [0.05, 0.1) is 24.1 Å². The van der Waals surface area contributed by atoms with Gasteiger partial charge in [-0.15, -0.1) is 0 Å². The summed E-state index contributed by atoms with van der Waals surface area (Å²) >= 11 is 0. The zero-order valence-electron chi connectivity index (χ0n) is 22.8. The summed E-state index contributed by atoms with van der Waals surface area (Å²) in [6.45, 7) is 9.57. The molecule has 1 saturated heterocycles. The number of aryl methyl sites for hydroxylation is 1. The highest BCUT2D eigenvalue weighted by Crippen LogP contribution is 2.41. The fourth-order valence-corrected chi connectivity index (χ4v) is 6.10. The van der Waals surface area contributed by atoms with Gasteiger partial charge in [-0.25, -0.2) is 13.1 Å². The summed E-state index contributed by atoms with van der Waals surface area (Å²) in [4.78, 5) is 28.9. The van der Waals surface area contributed by atoms with Crippen molar-refractivity contribution < 1.29 is 32.6 Å². The van der Waals surface area contributed by atoms with E-state index >= 15 is 0 Å². The third-order valence-electron chi connectivity index (χ3n) is 7.23. The van der Waals surface area contributed by atoms with Crippen molar-refractivity contribution in [1.82, 2.24) is 14.5 Å². The maximum Gasteiger partial charge on any atom is 0.320 e. The van der Waals surface area contributed by atoms with Crippen LogP contribution < -0.4 is 9.46 Å². The maximum atomic E-state index is 13.4. The summed E-state index contributed by atoms with van der Waals surface area (Å²) in [6, 6.07) is 10.5. The molecule has 2 aromatic carbocycles. The van der Waals surface area contributed by atoms with Gasteiger partial charge in [-0.2, -0.15) is 0 Å². The van der Waals surface area contributed by atoms with Crippen molar-refractivity contribution in [1.29, 1.82) is 0 Å². The molecule has 2 N–H and O–H groups in total. The predicted molar refractivity (Wildman–Crippen MR) is 145 cm³/mol. The predicted octanol–water partition coefficient (Wildman–Crippen LogP) is 2.12. The van der Waals surface area contributed by atoms with Gasteiger partial charge in [0.15, 0.2) is 0 Å². The van der Waals surface area contributed by atoms with Gasteiger partial charge in [-0.3, -0.25) is 14.5 Å². The molecule has 2 aromatic rings. The van der Waals surface area contributed by atoms with E-state index in [2.05, 4.69) is 4.72 Å². The first-order valence-corrected chi connectivity index (χ1v) is 14.7. The average molecular weight is 560 g/mol. The smallest absolute Gasteiger partial charge is 0.320 e. The van der Waals surface area contributed by atoms with Gasteiger partial charge in [-0.1, -0.05) is 19.1 Å². The summed E-state index contributed by atoms with van der Waals surface area (Å²) in [5.41, 5.74) is 0.686. The molecule has 0 bridgehead atoms. The minimum atomic E-state index is -3.99. The van der Waals surface area contributed by atoms with Crippen LogP contribution in [0.25, 0.3) is 0 Å². The third-order valence-corrected chi connectivity index (χ3v) is 8.69. The second kappa shape index (κ2) is 11.6. The summed E-state index contributed by atoms with van der Waals surface area (Å²) in [7, 11) is -3.99. The summed E-state index contributed by atoms with van der Waals surface area (Å²) < 4.78 is 40.3. The highest BCUT2D eigenvalue weighted by Gasteiger charge is 2.45. The lowest BCUT2D eigenvalue weighted by Crippen LogP contribution is -2.53. The monoisotopic (exact) mass is 559 g/mol. The van der Waals surface area contributed by atoms with E-state index in [-0.39, 0.29) is 23.3 Å². The van der Waals surface area contributed by atoms with Crippen molar-refractivity contribution in [3.63, 3.8) is 0 Å². The molecule has 0 spiro atoms. The highest BCUT2D eigenvalue weighted by molar-refractivity contribution is 7.89. The number of nitrogens with one attached hydrogen (secondary N) is 1. The number of sulfonamides is 1. The van der Waals surface area contributed by atoms with Crippen LogP contribution in [-0.4, -0.2) is 86.2 Å². The van der Waals surface area contributed by atoms with E-state index < -0.39 is 27.8 Å². The number of fused-ring (bicyclic) bond motifs is 1. The maximum absolute atomic E-state index is 13.4. The minimum Gasteiger partial charge on any atom is -0.485 e. The molecule has 2 heterocycles. The Morgan fingerprint density at radius 3 is 2.36 bits per heavy atom. The van der Waals surface area contributed by atoms with E-state index in [0.29, 0.717) is 49.7 Å². The molecule has 2 atom stereocenters. The quantitative estimate of drug-likeness (QED) is 0.471. The number of aliphatic hydroxyl groups is 1. The van der Waals surface area contributed by atoms with Crippen molar-refractivity contribution in [2.75, 3.05) is 39.3 Å². The summed E-state index contributed by atoms with van der Waals surface area (Å²) in [5.74, 6) is -0.108. The van der Waals surface area contributed by atoms with E-state index in [1.807, 2.05) is 11.8 Å². The average Bonchev–Trinajstić information content (AvgIpc) is 2.91. The fourth-order valence-electron chi connectivity index (χ4n) is 4.88. The largest absolute Gasteiger partial charge is 0.485 e. The van der Waals surface area contributed by atoms with Gasteiger partial charge in [0.25, 0.3) is 5.91 Å². The van der Waals surface area contributed by atoms with Crippen LogP contribution >= 0.6 is 0 Å². The standard InChI is InChI=1S/C28H37N3O7S/c1-5-19-7-10-21(11-8-19)39(35,36)29-25-22-17-20(9-12-23(22)38-28(3,4)26(25)33)27(34)31-15-13-30(14-16-31)18-24(32)37-6-2/h7-12,17,25-26,29,33H,5-6,13-16,18H2,1-4H3. The van der Waals surface area contributed by atoms with Crippen molar-refractivity contribution in [3.05, 3.63) is 59.2 Å². The number of ether oxygens (including phenoxy) is 2. The van der Waals surface area contributed by atoms with Gasteiger partial charge in [-0.05, 0) is 63.1 Å². The van der Waals surface area contributed by atoms with Crippen molar-refractivity contribution in [2.24, 2.45) is 0 Å². The lowest BCUT2D eigenvalue weighted by Gasteiger charge is -2.42. The van der Waals surface area contributed by atoms with Gasteiger partial charge < -0.3 is 19.5 Å². The molecule has 0 saturated carbocycles. The number of esters is 1. The van der Waals surface area contributed by atoms with Crippen LogP contribution in [0.2, 0.25) is 0 Å². The molecule has 2 unspecified atom stereocenters. The van der Waals surface area contributed by atoms with Crippen LogP contribution in [0.5, 0.6) is 5.75 Å². The molecule has 2 aliphatic heterocycles. The Morgan fingerprint density at radius 2 is 1.74 bits per heavy atom. The second-order valence-electron chi connectivity index (χ2n) is 10.4. The number of benzene rings is 2. The molecule has 0 radical (unpaired) electrons. The first kappa shape index (κ1) is 29.0. The Bertz CT molecular complexity index is 1300. The van der Waals surface area contributed by atoms with Crippen LogP contribution in [0.4, 0.5) is 0 Å². The summed E-state index contributed by atoms with van der Waals surface area (Å²) in [6.07, 6.45) is -0.433. The molecule has 11 heteroatoms. The topological polar surface area (TPSA) is 125 Å². The number of amides is 1. The second-order valence-corrected chi connectivity index (χ2v) is 12.1. The lowest BCUT2D eigenvalue weighted by atomic mass is 9.86. The van der Waals surface area contributed by atoms with Crippen molar-refractivity contribution in [2.45, 2.75) is 56.8 Å². The van der Waals surface area contributed by atoms with E-state index in [4.69, 9.17) is 9.47 Å². The van der Waals surface area contributed by atoms with Crippen LogP contribution in [0.3, 0.4) is 0 Å². The minimum absolute atomic E-state index is 0.0886. The Hall–Kier alpha value is -2.99. The number of hydrogen-bond donors (Lipinski definition) is 2. The first-order valence-electron chi connectivity index (χ1n) is 13.2. The molecule has 10 nitrogen and oxygen atoms in total. The number of nitrogens with zero attached hydrogens (tertiary/aromatic N) is 2. The fraction of sp³-hybridized carbons (Fsp3) is 0.500. The van der Waals surface area contributed by atoms with E-state index in [0.717, 1.165) is 12.0 Å². The SMILES string of the molecule is CCOC(=O)CN1CCN(C(=O)c2ccc3c(c2)C(NS(=O)(=O)c2ccc(CC)cc2)C(O)C(C)(C)O3)CC1.